The summed E-state index contributed by atoms with van der Waals surface area (Å²) in [4.78, 5) is 27.9. The lowest BCUT2D eigenvalue weighted by Crippen LogP contribution is -2.50. The number of hydrogen-bond acceptors (Lipinski definition) is 4. The van der Waals surface area contributed by atoms with E-state index in [0.717, 1.165) is 22.7 Å². The van der Waals surface area contributed by atoms with Gasteiger partial charge in [-0.3, -0.25) is 9.59 Å². The van der Waals surface area contributed by atoms with E-state index < -0.39 is 5.60 Å². The molecule has 1 spiro atoms. The average Bonchev–Trinajstić information content (AvgIpc) is 3.31. The number of hydrogen-bond donors (Lipinski definition) is 1. The number of benzene rings is 2. The van der Waals surface area contributed by atoms with E-state index in [9.17, 15) is 9.59 Å². The average molecular weight is 508 g/mol. The Morgan fingerprint density at radius 1 is 1.08 bits per heavy atom. The molecule has 2 aliphatic heterocycles. The second-order valence-corrected chi connectivity index (χ2v) is 10.1. The van der Waals surface area contributed by atoms with Crippen molar-refractivity contribution < 1.29 is 19.1 Å². The Balaban J connectivity index is 1.42. The van der Waals surface area contributed by atoms with Gasteiger partial charge in [0.1, 0.15) is 17.2 Å². The number of aromatic nitrogens is 1. The summed E-state index contributed by atoms with van der Waals surface area (Å²) in [6, 6.07) is 14.8. The van der Waals surface area contributed by atoms with Gasteiger partial charge in [-0.2, -0.15) is 0 Å². The number of nitrogens with one attached hydrogen (secondary N) is 1. The summed E-state index contributed by atoms with van der Waals surface area (Å²) in [7, 11) is 1.62. The predicted octanol–water partition coefficient (Wildman–Crippen LogP) is 5.11. The summed E-state index contributed by atoms with van der Waals surface area (Å²) < 4.78 is 14.4. The Morgan fingerprint density at radius 2 is 1.83 bits per heavy atom. The van der Waals surface area contributed by atoms with Crippen LogP contribution in [-0.4, -0.2) is 47.5 Å². The summed E-state index contributed by atoms with van der Waals surface area (Å²) >= 11 is 6.29. The first-order valence-electron chi connectivity index (χ1n) is 12.2. The van der Waals surface area contributed by atoms with E-state index in [-0.39, 0.29) is 17.9 Å². The first-order chi connectivity index (χ1) is 17.2. The SMILES string of the molecule is CNC(=O)c1ccc2n1-c1ccc(Cl)cc1OC21CCN(C(=O)c2ccc(OC(C)C)c(C)c2)CC1. The smallest absolute Gasteiger partial charge is 0.268 e. The fourth-order valence-electron chi connectivity index (χ4n) is 5.15. The molecule has 1 saturated heterocycles. The normalized spacial score (nSPS) is 15.8. The maximum atomic E-state index is 13.3. The number of piperidine rings is 1. The Hall–Kier alpha value is -3.45. The molecule has 2 aliphatic rings. The summed E-state index contributed by atoms with van der Waals surface area (Å²) in [6.07, 6.45) is 1.26. The van der Waals surface area contributed by atoms with Crippen LogP contribution >= 0.6 is 11.6 Å². The van der Waals surface area contributed by atoms with Gasteiger partial charge in [-0.25, -0.2) is 0 Å². The standard InChI is InChI=1S/C28H30ClN3O4/c1-17(2)35-23-9-5-19(15-18(23)3)27(34)31-13-11-28(12-14-31)25-10-8-22(26(33)30-4)32(25)21-7-6-20(29)16-24(21)36-28/h5-10,15-17H,11-14H2,1-4H3,(H,30,33). The van der Waals surface area contributed by atoms with E-state index in [0.29, 0.717) is 48.0 Å². The van der Waals surface area contributed by atoms with Crippen LogP contribution in [0.5, 0.6) is 11.5 Å². The van der Waals surface area contributed by atoms with Crippen molar-refractivity contribution in [3.05, 3.63) is 76.1 Å². The molecule has 0 aliphatic carbocycles. The molecule has 1 N–H and O–H groups in total. The van der Waals surface area contributed by atoms with Crippen molar-refractivity contribution in [1.82, 2.24) is 14.8 Å². The van der Waals surface area contributed by atoms with Crippen LogP contribution in [0.4, 0.5) is 0 Å². The Bertz CT molecular complexity index is 1340. The van der Waals surface area contributed by atoms with Crippen molar-refractivity contribution in [1.29, 1.82) is 0 Å². The van der Waals surface area contributed by atoms with E-state index in [1.165, 1.54) is 0 Å². The summed E-state index contributed by atoms with van der Waals surface area (Å²) in [5.41, 5.74) is 3.15. The topological polar surface area (TPSA) is 72.8 Å². The number of halogens is 1. The van der Waals surface area contributed by atoms with Crippen molar-refractivity contribution in [3.63, 3.8) is 0 Å². The van der Waals surface area contributed by atoms with E-state index in [2.05, 4.69) is 5.32 Å². The molecule has 36 heavy (non-hydrogen) atoms. The van der Waals surface area contributed by atoms with Crippen LogP contribution in [0.15, 0.2) is 48.5 Å². The summed E-state index contributed by atoms with van der Waals surface area (Å²) in [5, 5.41) is 3.29. The van der Waals surface area contributed by atoms with Crippen LogP contribution in [0.2, 0.25) is 5.02 Å². The number of amides is 2. The molecule has 0 saturated carbocycles. The van der Waals surface area contributed by atoms with Crippen LogP contribution in [0, 0.1) is 6.92 Å². The third-order valence-corrected chi connectivity index (χ3v) is 7.15. The lowest BCUT2D eigenvalue weighted by molar-refractivity contribution is -0.00942. The van der Waals surface area contributed by atoms with Crippen molar-refractivity contribution >= 4 is 23.4 Å². The number of carbonyl (C=O) groups excluding carboxylic acids is 2. The first-order valence-corrected chi connectivity index (χ1v) is 12.6. The van der Waals surface area contributed by atoms with Gasteiger partial charge in [0.05, 0.1) is 17.5 Å². The van der Waals surface area contributed by atoms with E-state index in [4.69, 9.17) is 21.1 Å². The number of ether oxygens (including phenoxy) is 2. The Kier molecular flexibility index (Phi) is 6.20. The highest BCUT2D eigenvalue weighted by Gasteiger charge is 2.46. The molecule has 0 unspecified atom stereocenters. The van der Waals surface area contributed by atoms with E-state index in [1.807, 2.05) is 66.6 Å². The van der Waals surface area contributed by atoms with Crippen molar-refractivity contribution in [2.24, 2.45) is 0 Å². The van der Waals surface area contributed by atoms with Gasteiger partial charge in [-0.15, -0.1) is 0 Å². The highest BCUT2D eigenvalue weighted by Crippen LogP contribution is 2.46. The van der Waals surface area contributed by atoms with E-state index in [1.54, 1.807) is 19.2 Å². The largest absolute Gasteiger partial charge is 0.491 e. The molecule has 188 valence electrons. The van der Waals surface area contributed by atoms with Crippen molar-refractivity contribution in [3.8, 4) is 17.2 Å². The van der Waals surface area contributed by atoms with Gasteiger partial charge < -0.3 is 24.3 Å². The van der Waals surface area contributed by atoms with Crippen LogP contribution in [0.1, 0.15) is 58.8 Å². The summed E-state index contributed by atoms with van der Waals surface area (Å²) in [5.74, 6) is 1.24. The molecule has 1 fully saturated rings. The molecular weight excluding hydrogens is 478 g/mol. The van der Waals surface area contributed by atoms with Gasteiger partial charge in [-0.1, -0.05) is 11.6 Å². The molecule has 3 heterocycles. The Morgan fingerprint density at radius 3 is 2.50 bits per heavy atom. The lowest BCUT2D eigenvalue weighted by atomic mass is 9.86. The third-order valence-electron chi connectivity index (χ3n) is 6.92. The van der Waals surface area contributed by atoms with Gasteiger partial charge >= 0.3 is 0 Å². The highest BCUT2D eigenvalue weighted by atomic mass is 35.5. The number of fused-ring (bicyclic) bond motifs is 4. The minimum atomic E-state index is -0.661. The van der Waals surface area contributed by atoms with Gasteiger partial charge in [0, 0.05) is 49.6 Å². The predicted molar refractivity (Wildman–Crippen MR) is 139 cm³/mol. The molecule has 0 radical (unpaired) electrons. The van der Waals surface area contributed by atoms with Gasteiger partial charge in [0.25, 0.3) is 11.8 Å². The maximum absolute atomic E-state index is 13.3. The zero-order valence-corrected chi connectivity index (χ0v) is 21.7. The van der Waals surface area contributed by atoms with Crippen molar-refractivity contribution in [2.75, 3.05) is 20.1 Å². The second kappa shape index (κ2) is 9.21. The lowest BCUT2D eigenvalue weighted by Gasteiger charge is -2.45. The Labute approximate surface area is 215 Å². The van der Waals surface area contributed by atoms with Crippen LogP contribution < -0.4 is 14.8 Å². The van der Waals surface area contributed by atoms with Gasteiger partial charge in [0.2, 0.25) is 0 Å². The van der Waals surface area contributed by atoms with E-state index >= 15 is 0 Å². The fourth-order valence-corrected chi connectivity index (χ4v) is 5.32. The van der Waals surface area contributed by atoms with Gasteiger partial charge in [0.15, 0.2) is 5.60 Å². The number of rotatable bonds is 4. The van der Waals surface area contributed by atoms with Crippen molar-refractivity contribution in [2.45, 2.75) is 45.3 Å². The number of likely N-dealkylation sites (tertiary alicyclic amines) is 1. The number of nitrogens with zero attached hydrogens (tertiary/aromatic N) is 2. The first kappa shape index (κ1) is 24.3. The molecule has 5 rings (SSSR count). The molecule has 2 aromatic carbocycles. The molecule has 2 amide bonds. The second-order valence-electron chi connectivity index (χ2n) is 9.67. The molecule has 7 nitrogen and oxygen atoms in total. The zero-order chi connectivity index (χ0) is 25.6. The molecule has 3 aromatic rings. The molecule has 1 aromatic heterocycles. The maximum Gasteiger partial charge on any atom is 0.268 e. The van der Waals surface area contributed by atoms with Gasteiger partial charge in [-0.05, 0) is 68.8 Å². The highest BCUT2D eigenvalue weighted by molar-refractivity contribution is 6.30. The quantitative estimate of drug-likeness (QED) is 0.532. The number of aryl methyl sites for hydroxylation is 1. The molecule has 0 bridgehead atoms. The van der Waals surface area contributed by atoms with Crippen LogP contribution in [-0.2, 0) is 5.60 Å². The summed E-state index contributed by atoms with van der Waals surface area (Å²) in [6.45, 7) is 6.97. The number of carbonyl (C=O) groups is 2. The molecule has 0 atom stereocenters. The van der Waals surface area contributed by atoms with Crippen LogP contribution in [0.25, 0.3) is 5.69 Å². The minimum absolute atomic E-state index is 0.00951. The van der Waals surface area contributed by atoms with Crippen LogP contribution in [0.3, 0.4) is 0 Å². The molecular formula is C28H30ClN3O4. The zero-order valence-electron chi connectivity index (χ0n) is 20.9. The molecule has 8 heteroatoms. The third kappa shape index (κ3) is 4.11. The fraction of sp³-hybridized carbons (Fsp3) is 0.357. The monoisotopic (exact) mass is 507 g/mol. The minimum Gasteiger partial charge on any atom is -0.491 e.